The molecule has 4 rings (SSSR count). The van der Waals surface area contributed by atoms with Gasteiger partial charge in [-0.15, -0.1) is 11.8 Å². The summed E-state index contributed by atoms with van der Waals surface area (Å²) in [5, 5.41) is 2.66. The Morgan fingerprint density at radius 3 is 2.02 bits per heavy atom. The van der Waals surface area contributed by atoms with Crippen LogP contribution >= 0.6 is 11.8 Å². The molecule has 0 aliphatic heterocycles. The average Bonchev–Trinajstić information content (AvgIpc) is 3.01. The summed E-state index contributed by atoms with van der Waals surface area (Å²) in [5.41, 5.74) is 0.850. The van der Waals surface area contributed by atoms with E-state index in [-0.39, 0.29) is 21.2 Å². The number of para-hydroxylation sites is 2. The first kappa shape index (κ1) is 31.7. The normalized spacial score (nSPS) is 11.4. The predicted octanol–water partition coefficient (Wildman–Crippen LogP) is 5.45. The van der Waals surface area contributed by atoms with E-state index in [1.165, 1.54) is 55.3 Å². The Bertz CT molecular complexity index is 1760. The molecule has 43 heavy (non-hydrogen) atoms. The van der Waals surface area contributed by atoms with E-state index in [0.717, 1.165) is 9.20 Å². The molecule has 0 atom stereocenters. The summed E-state index contributed by atoms with van der Waals surface area (Å²) >= 11 is 1.48. The highest BCUT2D eigenvalue weighted by Gasteiger charge is 2.29. The van der Waals surface area contributed by atoms with Gasteiger partial charge in [0.2, 0.25) is 5.91 Å². The molecular weight excluding hydrogens is 611 g/mol. The van der Waals surface area contributed by atoms with Crippen LogP contribution in [0.25, 0.3) is 0 Å². The molecule has 0 aliphatic carbocycles. The highest BCUT2D eigenvalue weighted by Crippen LogP contribution is 2.33. The lowest BCUT2D eigenvalue weighted by atomic mass is 10.3. The fourth-order valence-corrected chi connectivity index (χ4v) is 6.94. The third-order valence-electron chi connectivity index (χ3n) is 6.16. The lowest BCUT2D eigenvalue weighted by Crippen LogP contribution is -2.38. The van der Waals surface area contributed by atoms with Gasteiger partial charge in [0.05, 0.1) is 29.2 Å². The minimum atomic E-state index is -4.18. The fraction of sp³-hybridized carbons (Fsp3) is 0.167. The minimum Gasteiger partial charge on any atom is -0.497 e. The van der Waals surface area contributed by atoms with Gasteiger partial charge in [-0.2, -0.15) is 0 Å². The number of hydrogen-bond acceptors (Lipinski definition) is 8. The van der Waals surface area contributed by atoms with Crippen LogP contribution < -0.4 is 23.8 Å². The topological polar surface area (TPSA) is 131 Å². The van der Waals surface area contributed by atoms with Gasteiger partial charge in [-0.05, 0) is 98.1 Å². The first-order valence-electron chi connectivity index (χ1n) is 13.0. The number of amides is 1. The van der Waals surface area contributed by atoms with Gasteiger partial charge in [0.1, 0.15) is 18.0 Å². The molecule has 0 saturated carbocycles. The number of thioether (sulfide) groups is 1. The van der Waals surface area contributed by atoms with Gasteiger partial charge in [-0.1, -0.05) is 12.1 Å². The first-order chi connectivity index (χ1) is 20.6. The van der Waals surface area contributed by atoms with Gasteiger partial charge in [0, 0.05) is 16.3 Å². The van der Waals surface area contributed by atoms with Gasteiger partial charge in [0.15, 0.2) is 0 Å². The summed E-state index contributed by atoms with van der Waals surface area (Å²) < 4.78 is 67.6. The summed E-state index contributed by atoms with van der Waals surface area (Å²) in [6.45, 7) is 1.51. The van der Waals surface area contributed by atoms with Crippen LogP contribution in [0.15, 0.2) is 112 Å². The van der Waals surface area contributed by atoms with Crippen molar-refractivity contribution >= 4 is 54.8 Å². The van der Waals surface area contributed by atoms with Crippen LogP contribution in [0.3, 0.4) is 0 Å². The summed E-state index contributed by atoms with van der Waals surface area (Å²) in [6, 6.07) is 24.9. The standard InChI is InChI=1S/C30H31N3O7S3/c1-4-40-29-8-6-5-7-28(29)33(43(37,38)27-19-15-25(41-3)16-20-27)21-30(34)31-22-11-17-26(18-12-22)42(35,36)32-23-9-13-24(39-2)14-10-23/h5-20,32H,4,21H2,1-3H3,(H,31,34). The number of methoxy groups -OCH3 is 1. The van der Waals surface area contributed by atoms with Gasteiger partial charge in [-0.25, -0.2) is 16.8 Å². The SMILES string of the molecule is CCOc1ccccc1N(CC(=O)Nc1ccc(S(=O)(=O)Nc2ccc(OC)cc2)cc1)S(=O)(=O)c1ccc(SC)cc1. The zero-order valence-electron chi connectivity index (χ0n) is 23.7. The molecule has 0 aliphatic rings. The van der Waals surface area contributed by atoms with Gasteiger partial charge in [0.25, 0.3) is 20.0 Å². The van der Waals surface area contributed by atoms with Crippen LogP contribution in [-0.4, -0.2) is 49.3 Å². The third kappa shape index (κ3) is 7.80. The largest absolute Gasteiger partial charge is 0.497 e. The van der Waals surface area contributed by atoms with Crippen LogP contribution in [0.5, 0.6) is 11.5 Å². The van der Waals surface area contributed by atoms with E-state index in [9.17, 15) is 21.6 Å². The molecule has 0 saturated heterocycles. The number of rotatable bonds is 13. The highest BCUT2D eigenvalue weighted by atomic mass is 32.2. The molecule has 0 bridgehead atoms. The Balaban J connectivity index is 1.55. The van der Waals surface area contributed by atoms with Crippen molar-refractivity contribution in [2.24, 2.45) is 0 Å². The van der Waals surface area contributed by atoms with Gasteiger partial charge >= 0.3 is 0 Å². The van der Waals surface area contributed by atoms with Crippen molar-refractivity contribution in [3.8, 4) is 11.5 Å². The molecule has 0 aromatic heterocycles. The molecule has 4 aromatic carbocycles. The monoisotopic (exact) mass is 641 g/mol. The van der Waals surface area contributed by atoms with Gasteiger partial charge < -0.3 is 14.8 Å². The molecule has 0 fully saturated rings. The number of nitrogens with zero attached hydrogens (tertiary/aromatic N) is 1. The predicted molar refractivity (Wildman–Crippen MR) is 169 cm³/mol. The quantitative estimate of drug-likeness (QED) is 0.184. The second-order valence-corrected chi connectivity index (χ2v) is 13.4. The molecule has 10 nitrogen and oxygen atoms in total. The van der Waals surface area contributed by atoms with Crippen LogP contribution in [0.2, 0.25) is 0 Å². The molecule has 0 spiro atoms. The van der Waals surface area contributed by atoms with Crippen LogP contribution in [0, 0.1) is 0 Å². The maximum Gasteiger partial charge on any atom is 0.264 e. The average molecular weight is 642 g/mol. The first-order valence-corrected chi connectivity index (χ1v) is 17.2. The number of sulfonamides is 2. The zero-order chi connectivity index (χ0) is 31.0. The molecule has 0 heterocycles. The molecule has 4 aromatic rings. The van der Waals surface area contributed by atoms with Crippen LogP contribution in [0.4, 0.5) is 17.1 Å². The van der Waals surface area contributed by atoms with Crippen LogP contribution in [0.1, 0.15) is 6.92 Å². The van der Waals surface area contributed by atoms with Gasteiger partial charge in [-0.3, -0.25) is 13.8 Å². The number of ether oxygens (including phenoxy) is 2. The maximum absolute atomic E-state index is 13.8. The molecule has 2 N–H and O–H groups in total. The molecule has 0 unspecified atom stereocenters. The smallest absolute Gasteiger partial charge is 0.264 e. The summed E-state index contributed by atoms with van der Waals surface area (Å²) in [4.78, 5) is 14.1. The number of carbonyl (C=O) groups is 1. The van der Waals surface area contributed by atoms with E-state index < -0.39 is 32.5 Å². The Morgan fingerprint density at radius 2 is 1.42 bits per heavy atom. The lowest BCUT2D eigenvalue weighted by Gasteiger charge is -2.26. The van der Waals surface area contributed by atoms with Crippen molar-refractivity contribution in [3.05, 3.63) is 97.1 Å². The molecule has 13 heteroatoms. The van der Waals surface area contributed by atoms with Crippen molar-refractivity contribution < 1.29 is 31.1 Å². The number of benzene rings is 4. The summed E-state index contributed by atoms with van der Waals surface area (Å²) in [7, 11) is -6.57. The number of carbonyl (C=O) groups excluding carboxylic acids is 1. The Hall–Kier alpha value is -4.20. The Labute approximate surface area is 256 Å². The lowest BCUT2D eigenvalue weighted by molar-refractivity contribution is -0.114. The fourth-order valence-electron chi connectivity index (χ4n) is 4.04. The number of anilines is 3. The molecule has 0 radical (unpaired) electrons. The van der Waals surface area contributed by atoms with E-state index in [4.69, 9.17) is 9.47 Å². The maximum atomic E-state index is 13.8. The second kappa shape index (κ2) is 13.8. The van der Waals surface area contributed by atoms with Crippen molar-refractivity contribution in [2.75, 3.05) is 40.9 Å². The van der Waals surface area contributed by atoms with E-state index in [1.54, 1.807) is 67.6 Å². The highest BCUT2D eigenvalue weighted by molar-refractivity contribution is 7.98. The molecule has 226 valence electrons. The zero-order valence-corrected chi connectivity index (χ0v) is 26.1. The van der Waals surface area contributed by atoms with E-state index in [0.29, 0.717) is 23.8 Å². The Morgan fingerprint density at radius 1 is 0.814 bits per heavy atom. The number of nitrogens with one attached hydrogen (secondary N) is 2. The third-order valence-corrected chi connectivity index (χ3v) is 10.1. The van der Waals surface area contributed by atoms with Crippen molar-refractivity contribution in [3.63, 3.8) is 0 Å². The van der Waals surface area contributed by atoms with E-state index in [1.807, 2.05) is 6.26 Å². The minimum absolute atomic E-state index is 0.0170. The number of hydrogen-bond donors (Lipinski definition) is 2. The van der Waals surface area contributed by atoms with E-state index in [2.05, 4.69) is 10.0 Å². The summed E-state index contributed by atoms with van der Waals surface area (Å²) in [5.74, 6) is 0.257. The molecule has 1 amide bonds. The van der Waals surface area contributed by atoms with Crippen molar-refractivity contribution in [2.45, 2.75) is 21.6 Å². The van der Waals surface area contributed by atoms with Crippen molar-refractivity contribution in [1.82, 2.24) is 0 Å². The van der Waals surface area contributed by atoms with Crippen molar-refractivity contribution in [1.29, 1.82) is 0 Å². The Kier molecular flexibility index (Phi) is 10.2. The summed E-state index contributed by atoms with van der Waals surface area (Å²) in [6.07, 6.45) is 1.89. The van der Waals surface area contributed by atoms with Crippen LogP contribution in [-0.2, 0) is 24.8 Å². The second-order valence-electron chi connectivity index (χ2n) is 8.99. The van der Waals surface area contributed by atoms with E-state index >= 15 is 0 Å². The molecular formula is C30H31N3O7S3.